The SMILES string of the molecule is CN(C[C@H]1OCC[C@H]1c1ncn[nH]1)C(=O)c1nn(C)c2ccccc12. The van der Waals surface area contributed by atoms with E-state index in [1.165, 1.54) is 6.33 Å². The predicted molar refractivity (Wildman–Crippen MR) is 91.2 cm³/mol. The molecular formula is C17H20N6O2. The van der Waals surface area contributed by atoms with Crippen LogP contribution in [0.1, 0.15) is 28.7 Å². The minimum atomic E-state index is -0.108. The molecule has 0 saturated carbocycles. The number of likely N-dealkylation sites (N-methyl/N-ethyl adjacent to an activating group) is 1. The lowest BCUT2D eigenvalue weighted by atomic mass is 10.0. The first-order valence-electron chi connectivity index (χ1n) is 8.29. The number of hydrogen-bond acceptors (Lipinski definition) is 5. The lowest BCUT2D eigenvalue weighted by Gasteiger charge is -2.23. The highest BCUT2D eigenvalue weighted by Gasteiger charge is 2.34. The van der Waals surface area contributed by atoms with Gasteiger partial charge in [-0.2, -0.15) is 10.2 Å². The molecule has 0 unspecified atom stereocenters. The molecule has 1 aromatic carbocycles. The molecule has 1 amide bonds. The Morgan fingerprint density at radius 3 is 3.08 bits per heavy atom. The van der Waals surface area contributed by atoms with Gasteiger partial charge < -0.3 is 9.64 Å². The maximum absolute atomic E-state index is 12.9. The number of carbonyl (C=O) groups is 1. The molecule has 1 fully saturated rings. The number of nitrogens with one attached hydrogen (secondary N) is 1. The van der Waals surface area contributed by atoms with Crippen LogP contribution < -0.4 is 0 Å². The van der Waals surface area contributed by atoms with E-state index in [1.54, 1.807) is 16.6 Å². The molecule has 3 heterocycles. The van der Waals surface area contributed by atoms with Crippen LogP contribution in [-0.4, -0.2) is 62.1 Å². The third kappa shape index (κ3) is 2.78. The number of ether oxygens (including phenoxy) is 1. The Labute approximate surface area is 144 Å². The number of aromatic nitrogens is 5. The average Bonchev–Trinajstić information content (AvgIpc) is 3.34. The molecule has 8 nitrogen and oxygen atoms in total. The molecule has 0 radical (unpaired) electrons. The van der Waals surface area contributed by atoms with Crippen LogP contribution in [0, 0.1) is 0 Å². The number of amides is 1. The first-order chi connectivity index (χ1) is 12.1. The number of H-pyrrole nitrogens is 1. The largest absolute Gasteiger partial charge is 0.376 e. The number of rotatable bonds is 4. The van der Waals surface area contributed by atoms with Gasteiger partial charge >= 0.3 is 0 Å². The summed E-state index contributed by atoms with van der Waals surface area (Å²) in [5.41, 5.74) is 1.41. The van der Waals surface area contributed by atoms with Crippen LogP contribution in [0.15, 0.2) is 30.6 Å². The first kappa shape index (κ1) is 15.8. The van der Waals surface area contributed by atoms with E-state index in [2.05, 4.69) is 20.3 Å². The molecule has 130 valence electrons. The standard InChI is InChI=1S/C17H20N6O2/c1-22(9-14-12(7-8-25-14)16-18-10-19-20-16)17(24)15-11-5-3-4-6-13(11)23(2)21-15/h3-6,10,12,14H,7-9H2,1-2H3,(H,18,19,20)/t12-,14-/m1/s1. The monoisotopic (exact) mass is 340 g/mol. The molecule has 8 heteroatoms. The van der Waals surface area contributed by atoms with Gasteiger partial charge in [-0.05, 0) is 12.5 Å². The van der Waals surface area contributed by atoms with Crippen molar-refractivity contribution in [2.24, 2.45) is 7.05 Å². The summed E-state index contributed by atoms with van der Waals surface area (Å²) in [6.45, 7) is 1.14. The number of para-hydroxylation sites is 1. The van der Waals surface area contributed by atoms with E-state index in [4.69, 9.17) is 4.74 Å². The maximum atomic E-state index is 12.9. The van der Waals surface area contributed by atoms with Crippen molar-refractivity contribution >= 4 is 16.8 Å². The lowest BCUT2D eigenvalue weighted by Crippen LogP contribution is -2.36. The Kier molecular flexibility index (Phi) is 3.96. The summed E-state index contributed by atoms with van der Waals surface area (Å²) in [7, 11) is 3.63. The van der Waals surface area contributed by atoms with Crippen LogP contribution in [0.2, 0.25) is 0 Å². The first-order valence-corrected chi connectivity index (χ1v) is 8.29. The highest BCUT2D eigenvalue weighted by atomic mass is 16.5. The van der Waals surface area contributed by atoms with Crippen LogP contribution >= 0.6 is 0 Å². The Morgan fingerprint density at radius 2 is 2.28 bits per heavy atom. The quantitative estimate of drug-likeness (QED) is 0.774. The molecular weight excluding hydrogens is 320 g/mol. The van der Waals surface area contributed by atoms with Gasteiger partial charge in [0.05, 0.1) is 11.6 Å². The van der Waals surface area contributed by atoms with Gasteiger partial charge in [-0.25, -0.2) is 4.98 Å². The molecule has 1 saturated heterocycles. The van der Waals surface area contributed by atoms with E-state index in [1.807, 2.05) is 31.3 Å². The van der Waals surface area contributed by atoms with Crippen LogP contribution in [0.4, 0.5) is 0 Å². The Hall–Kier alpha value is -2.74. The molecule has 3 aromatic rings. The minimum Gasteiger partial charge on any atom is -0.376 e. The van der Waals surface area contributed by atoms with Crippen molar-refractivity contribution in [2.75, 3.05) is 20.2 Å². The Morgan fingerprint density at radius 1 is 1.44 bits per heavy atom. The van der Waals surface area contributed by atoms with Crippen molar-refractivity contribution in [3.8, 4) is 0 Å². The third-order valence-electron chi connectivity index (χ3n) is 4.76. The molecule has 0 aliphatic carbocycles. The molecule has 4 rings (SSSR count). The van der Waals surface area contributed by atoms with Crippen LogP contribution in [-0.2, 0) is 11.8 Å². The number of carbonyl (C=O) groups excluding carboxylic acids is 1. The molecule has 25 heavy (non-hydrogen) atoms. The number of benzene rings is 1. The minimum absolute atomic E-state index is 0.100. The zero-order valence-corrected chi connectivity index (χ0v) is 14.2. The van der Waals surface area contributed by atoms with Gasteiger partial charge in [-0.3, -0.25) is 14.6 Å². The topological polar surface area (TPSA) is 88.9 Å². The van der Waals surface area contributed by atoms with Crippen molar-refractivity contribution in [1.29, 1.82) is 0 Å². The third-order valence-corrected chi connectivity index (χ3v) is 4.76. The zero-order chi connectivity index (χ0) is 17.4. The van der Waals surface area contributed by atoms with Gasteiger partial charge in [-0.15, -0.1) is 0 Å². The second kappa shape index (κ2) is 6.29. The second-order valence-electron chi connectivity index (χ2n) is 6.35. The summed E-state index contributed by atoms with van der Waals surface area (Å²) in [6.07, 6.45) is 2.27. The summed E-state index contributed by atoms with van der Waals surface area (Å²) in [5.74, 6) is 0.827. The van der Waals surface area contributed by atoms with Gasteiger partial charge in [0.1, 0.15) is 12.2 Å². The van der Waals surface area contributed by atoms with E-state index >= 15 is 0 Å². The van der Waals surface area contributed by atoms with Gasteiger partial charge in [0.2, 0.25) is 0 Å². The number of nitrogens with zero attached hydrogens (tertiary/aromatic N) is 5. The lowest BCUT2D eigenvalue weighted by molar-refractivity contribution is 0.0547. The predicted octanol–water partition coefficient (Wildman–Crippen LogP) is 1.34. The molecule has 2 atom stereocenters. The Bertz CT molecular complexity index is 888. The second-order valence-corrected chi connectivity index (χ2v) is 6.35. The summed E-state index contributed by atoms with van der Waals surface area (Å²) >= 11 is 0. The van der Waals surface area contributed by atoms with Crippen molar-refractivity contribution in [3.63, 3.8) is 0 Å². The van der Waals surface area contributed by atoms with Crippen molar-refractivity contribution in [2.45, 2.75) is 18.4 Å². The summed E-state index contributed by atoms with van der Waals surface area (Å²) < 4.78 is 7.57. The molecule has 1 aliphatic rings. The normalized spacial score (nSPS) is 20.2. The van der Waals surface area contributed by atoms with E-state index in [9.17, 15) is 4.79 Å². The van der Waals surface area contributed by atoms with Gasteiger partial charge in [0, 0.05) is 38.6 Å². The van der Waals surface area contributed by atoms with Crippen LogP contribution in [0.25, 0.3) is 10.9 Å². The van der Waals surface area contributed by atoms with Crippen LogP contribution in [0.5, 0.6) is 0 Å². The van der Waals surface area contributed by atoms with Crippen molar-refractivity contribution in [3.05, 3.63) is 42.1 Å². The van der Waals surface area contributed by atoms with E-state index in [0.29, 0.717) is 18.8 Å². The fourth-order valence-electron chi connectivity index (χ4n) is 3.44. The summed E-state index contributed by atoms with van der Waals surface area (Å²) in [4.78, 5) is 18.8. The van der Waals surface area contributed by atoms with Crippen molar-refractivity contribution in [1.82, 2.24) is 29.9 Å². The van der Waals surface area contributed by atoms with Gasteiger partial charge in [0.25, 0.3) is 5.91 Å². The zero-order valence-electron chi connectivity index (χ0n) is 14.2. The number of aromatic amines is 1. The molecule has 0 spiro atoms. The molecule has 2 aromatic heterocycles. The highest BCUT2D eigenvalue weighted by molar-refractivity contribution is 6.04. The summed E-state index contributed by atoms with van der Waals surface area (Å²) in [5, 5.41) is 12.1. The maximum Gasteiger partial charge on any atom is 0.274 e. The van der Waals surface area contributed by atoms with Crippen LogP contribution in [0.3, 0.4) is 0 Å². The number of aryl methyl sites for hydroxylation is 1. The smallest absolute Gasteiger partial charge is 0.274 e. The Balaban J connectivity index is 1.54. The number of hydrogen-bond donors (Lipinski definition) is 1. The van der Waals surface area contributed by atoms with Gasteiger partial charge in [0.15, 0.2) is 5.69 Å². The highest BCUT2D eigenvalue weighted by Crippen LogP contribution is 2.29. The fraction of sp³-hybridized carbons (Fsp3) is 0.412. The summed E-state index contributed by atoms with van der Waals surface area (Å²) in [6, 6.07) is 7.74. The van der Waals surface area contributed by atoms with E-state index in [0.717, 1.165) is 23.1 Å². The van der Waals surface area contributed by atoms with Crippen molar-refractivity contribution < 1.29 is 9.53 Å². The fourth-order valence-corrected chi connectivity index (χ4v) is 3.44. The molecule has 1 N–H and O–H groups in total. The number of fused-ring (bicyclic) bond motifs is 1. The molecule has 1 aliphatic heterocycles. The van der Waals surface area contributed by atoms with Gasteiger partial charge in [-0.1, -0.05) is 18.2 Å². The molecule has 0 bridgehead atoms. The van der Waals surface area contributed by atoms with E-state index in [-0.39, 0.29) is 17.9 Å². The van der Waals surface area contributed by atoms with E-state index < -0.39 is 0 Å². The average molecular weight is 340 g/mol.